The van der Waals surface area contributed by atoms with E-state index < -0.39 is 0 Å². The third-order valence-corrected chi connectivity index (χ3v) is 5.11. The van der Waals surface area contributed by atoms with Crippen molar-refractivity contribution in [2.45, 2.75) is 64.3 Å². The maximum atomic E-state index is 12.2. The van der Waals surface area contributed by atoms with Crippen LogP contribution < -0.4 is 5.32 Å². The second kappa shape index (κ2) is 10.4. The summed E-state index contributed by atoms with van der Waals surface area (Å²) in [7, 11) is 0. The second-order valence-electron chi connectivity index (χ2n) is 6.89. The first-order chi connectivity index (χ1) is 12.0. The molecular formula is C20H29ClN2O2. The Labute approximate surface area is 155 Å². The summed E-state index contributed by atoms with van der Waals surface area (Å²) in [6.07, 6.45) is 8.25. The second-order valence-corrected chi connectivity index (χ2v) is 7.32. The average molecular weight is 365 g/mol. The van der Waals surface area contributed by atoms with Crippen LogP contribution in [0.4, 0.5) is 0 Å². The van der Waals surface area contributed by atoms with E-state index in [2.05, 4.69) is 5.32 Å². The van der Waals surface area contributed by atoms with Crippen molar-refractivity contribution in [2.24, 2.45) is 0 Å². The molecule has 1 saturated carbocycles. The number of carbonyl (C=O) groups is 2. The van der Waals surface area contributed by atoms with Crippen LogP contribution >= 0.6 is 11.6 Å². The summed E-state index contributed by atoms with van der Waals surface area (Å²) >= 11 is 5.89. The Kier molecular flexibility index (Phi) is 8.26. The van der Waals surface area contributed by atoms with E-state index in [-0.39, 0.29) is 11.8 Å². The smallest absolute Gasteiger partial charge is 0.221 e. The summed E-state index contributed by atoms with van der Waals surface area (Å²) in [4.78, 5) is 25.8. The van der Waals surface area contributed by atoms with Gasteiger partial charge in [-0.25, -0.2) is 0 Å². The topological polar surface area (TPSA) is 49.4 Å². The van der Waals surface area contributed by atoms with Gasteiger partial charge in [-0.1, -0.05) is 49.4 Å². The highest BCUT2D eigenvalue weighted by Crippen LogP contribution is 2.17. The Morgan fingerprint density at radius 3 is 2.32 bits per heavy atom. The minimum atomic E-state index is 0.0104. The lowest BCUT2D eigenvalue weighted by Crippen LogP contribution is -2.38. The van der Waals surface area contributed by atoms with E-state index >= 15 is 0 Å². The molecule has 1 aliphatic rings. The molecule has 2 rings (SSSR count). The van der Waals surface area contributed by atoms with Crippen molar-refractivity contribution in [1.82, 2.24) is 10.2 Å². The third kappa shape index (κ3) is 7.47. The molecule has 1 aliphatic carbocycles. The molecule has 0 unspecified atom stereocenters. The molecule has 25 heavy (non-hydrogen) atoms. The minimum absolute atomic E-state index is 0.0104. The van der Waals surface area contributed by atoms with Crippen LogP contribution in [-0.2, 0) is 16.0 Å². The van der Waals surface area contributed by atoms with Gasteiger partial charge in [0.25, 0.3) is 0 Å². The average Bonchev–Trinajstić information content (AvgIpc) is 2.84. The number of halogens is 1. The molecule has 0 radical (unpaired) electrons. The number of amides is 2. The molecular weight excluding hydrogens is 336 g/mol. The highest BCUT2D eigenvalue weighted by molar-refractivity contribution is 6.30. The van der Waals surface area contributed by atoms with Crippen molar-refractivity contribution >= 4 is 23.4 Å². The van der Waals surface area contributed by atoms with Gasteiger partial charge >= 0.3 is 0 Å². The van der Waals surface area contributed by atoms with Gasteiger partial charge in [0, 0.05) is 37.5 Å². The normalized spacial score (nSPS) is 15.4. The van der Waals surface area contributed by atoms with Crippen LogP contribution in [0.25, 0.3) is 0 Å². The molecule has 4 nitrogen and oxygen atoms in total. The predicted octanol–water partition coefficient (Wildman–Crippen LogP) is 3.96. The molecule has 1 fully saturated rings. The lowest BCUT2D eigenvalue weighted by atomic mass is 10.1. The Hall–Kier alpha value is -1.55. The van der Waals surface area contributed by atoms with Gasteiger partial charge in [-0.2, -0.15) is 0 Å². The Morgan fingerprint density at radius 1 is 1.08 bits per heavy atom. The molecule has 0 bridgehead atoms. The zero-order valence-electron chi connectivity index (χ0n) is 15.1. The number of rotatable bonds is 7. The fourth-order valence-corrected chi connectivity index (χ4v) is 3.43. The van der Waals surface area contributed by atoms with Crippen LogP contribution in [0.5, 0.6) is 0 Å². The van der Waals surface area contributed by atoms with E-state index in [1.165, 1.54) is 25.7 Å². The van der Waals surface area contributed by atoms with Gasteiger partial charge in [0.05, 0.1) is 0 Å². The fourth-order valence-electron chi connectivity index (χ4n) is 3.30. The van der Waals surface area contributed by atoms with Gasteiger partial charge < -0.3 is 10.2 Å². The van der Waals surface area contributed by atoms with Gasteiger partial charge in [-0.05, 0) is 37.0 Å². The summed E-state index contributed by atoms with van der Waals surface area (Å²) in [5.74, 6) is 0.0703. The van der Waals surface area contributed by atoms with E-state index in [9.17, 15) is 9.59 Å². The molecule has 1 N–H and O–H groups in total. The maximum Gasteiger partial charge on any atom is 0.221 e. The van der Waals surface area contributed by atoms with Crippen LogP contribution in [0.15, 0.2) is 24.3 Å². The zero-order chi connectivity index (χ0) is 18.1. The summed E-state index contributed by atoms with van der Waals surface area (Å²) in [5.41, 5.74) is 1.14. The van der Waals surface area contributed by atoms with Crippen molar-refractivity contribution in [2.75, 3.05) is 13.1 Å². The molecule has 0 heterocycles. The first kappa shape index (κ1) is 19.8. The summed E-state index contributed by atoms with van der Waals surface area (Å²) in [6.45, 7) is 2.65. The van der Waals surface area contributed by atoms with Crippen molar-refractivity contribution in [1.29, 1.82) is 0 Å². The fraction of sp³-hybridized carbons (Fsp3) is 0.600. The number of hydrogen-bond donors (Lipinski definition) is 1. The molecule has 0 spiro atoms. The number of nitrogens with zero attached hydrogens (tertiary/aromatic N) is 1. The van der Waals surface area contributed by atoms with E-state index in [1.54, 1.807) is 11.8 Å². The number of benzene rings is 1. The SMILES string of the molecule is CC(=O)N(CCC(=O)NC1CCCCCC1)CCc1ccc(Cl)cc1. The maximum absolute atomic E-state index is 12.2. The van der Waals surface area contributed by atoms with Gasteiger partial charge in [0.15, 0.2) is 0 Å². The Balaban J connectivity index is 1.75. The monoisotopic (exact) mass is 364 g/mol. The van der Waals surface area contributed by atoms with Crippen molar-refractivity contribution < 1.29 is 9.59 Å². The van der Waals surface area contributed by atoms with Crippen LogP contribution in [0, 0.1) is 0 Å². The van der Waals surface area contributed by atoms with E-state index in [0.29, 0.717) is 30.6 Å². The van der Waals surface area contributed by atoms with Crippen molar-refractivity contribution in [3.63, 3.8) is 0 Å². The van der Waals surface area contributed by atoms with Gasteiger partial charge in [-0.15, -0.1) is 0 Å². The summed E-state index contributed by atoms with van der Waals surface area (Å²) < 4.78 is 0. The first-order valence-electron chi connectivity index (χ1n) is 9.34. The van der Waals surface area contributed by atoms with Gasteiger partial charge in [0.2, 0.25) is 11.8 Å². The molecule has 0 atom stereocenters. The van der Waals surface area contributed by atoms with Crippen molar-refractivity contribution in [3.8, 4) is 0 Å². The molecule has 5 heteroatoms. The Bertz CT molecular complexity index is 551. The zero-order valence-corrected chi connectivity index (χ0v) is 15.9. The quantitative estimate of drug-likeness (QED) is 0.744. The number of carbonyl (C=O) groups excluding carboxylic acids is 2. The minimum Gasteiger partial charge on any atom is -0.353 e. The molecule has 0 aliphatic heterocycles. The number of hydrogen-bond acceptors (Lipinski definition) is 2. The molecule has 0 aromatic heterocycles. The molecule has 2 amide bonds. The molecule has 138 valence electrons. The summed E-state index contributed by atoms with van der Waals surface area (Å²) in [6, 6.07) is 7.97. The van der Waals surface area contributed by atoms with Crippen LogP contribution in [0.2, 0.25) is 5.02 Å². The van der Waals surface area contributed by atoms with E-state index in [0.717, 1.165) is 24.8 Å². The molecule has 1 aromatic carbocycles. The highest BCUT2D eigenvalue weighted by Gasteiger charge is 2.16. The summed E-state index contributed by atoms with van der Waals surface area (Å²) in [5, 5.41) is 3.85. The number of nitrogens with one attached hydrogen (secondary N) is 1. The van der Waals surface area contributed by atoms with Gasteiger partial charge in [0.1, 0.15) is 0 Å². The standard InChI is InChI=1S/C20H29ClN2O2/c1-16(24)23(14-12-17-8-10-18(21)11-9-17)15-13-20(25)22-19-6-4-2-3-5-7-19/h8-11,19H,2-7,12-15H2,1H3,(H,22,25). The van der Waals surface area contributed by atoms with E-state index in [4.69, 9.17) is 11.6 Å². The third-order valence-electron chi connectivity index (χ3n) is 4.86. The van der Waals surface area contributed by atoms with Crippen LogP contribution in [0.3, 0.4) is 0 Å². The lowest BCUT2D eigenvalue weighted by Gasteiger charge is -2.22. The Morgan fingerprint density at radius 2 is 1.72 bits per heavy atom. The van der Waals surface area contributed by atoms with Crippen molar-refractivity contribution in [3.05, 3.63) is 34.9 Å². The largest absolute Gasteiger partial charge is 0.353 e. The van der Waals surface area contributed by atoms with Gasteiger partial charge in [-0.3, -0.25) is 9.59 Å². The highest BCUT2D eigenvalue weighted by atomic mass is 35.5. The predicted molar refractivity (Wildman–Crippen MR) is 102 cm³/mol. The van der Waals surface area contributed by atoms with E-state index in [1.807, 2.05) is 24.3 Å². The van der Waals surface area contributed by atoms with Crippen LogP contribution in [-0.4, -0.2) is 35.8 Å². The molecule has 0 saturated heterocycles. The molecule has 1 aromatic rings. The first-order valence-corrected chi connectivity index (χ1v) is 9.71. The lowest BCUT2D eigenvalue weighted by molar-refractivity contribution is -0.129. The van der Waals surface area contributed by atoms with Crippen LogP contribution in [0.1, 0.15) is 57.4 Å².